The van der Waals surface area contributed by atoms with Crippen molar-refractivity contribution in [3.8, 4) is 0 Å². The van der Waals surface area contributed by atoms with E-state index in [9.17, 15) is 53.8 Å². The van der Waals surface area contributed by atoms with Gasteiger partial charge in [-0.15, -0.1) is 0 Å². The fraction of sp³-hybridized carbons (Fsp3) is 0.481. The lowest BCUT2D eigenvalue weighted by Crippen LogP contribution is -2.50. The molecule has 0 radical (unpaired) electrons. The van der Waals surface area contributed by atoms with Gasteiger partial charge in [-0.3, -0.25) is 9.59 Å². The van der Waals surface area contributed by atoms with E-state index < -0.39 is 68.4 Å². The van der Waals surface area contributed by atoms with Crippen molar-refractivity contribution < 1.29 is 53.8 Å². The number of likely N-dealkylation sites (tertiary alicyclic amines) is 1. The zero-order chi connectivity index (χ0) is 31.3. The lowest BCUT2D eigenvalue weighted by molar-refractivity contribution is -0.348. The number of carboxylic acid groups (broad SMARTS) is 1. The molecule has 0 bridgehead atoms. The molecule has 0 spiro atoms. The van der Waals surface area contributed by atoms with Crippen LogP contribution >= 0.6 is 11.6 Å². The summed E-state index contributed by atoms with van der Waals surface area (Å²) < 4.78 is 121. The number of amides is 1. The summed E-state index contributed by atoms with van der Waals surface area (Å²) in [7, 11) is -4.49. The topological polar surface area (TPSA) is 91.8 Å². The minimum atomic E-state index is -6.35. The molecule has 1 aliphatic carbocycles. The Morgan fingerprint density at radius 1 is 0.881 bits per heavy atom. The highest BCUT2D eigenvalue weighted by atomic mass is 35.5. The molecule has 230 valence electrons. The second kappa shape index (κ2) is 11.0. The van der Waals surface area contributed by atoms with Crippen molar-refractivity contribution in [2.75, 3.05) is 13.1 Å². The molecule has 1 atom stereocenters. The van der Waals surface area contributed by atoms with E-state index >= 15 is 0 Å². The van der Waals surface area contributed by atoms with Crippen LogP contribution in [-0.2, 0) is 29.8 Å². The molecule has 2 aromatic carbocycles. The minimum absolute atomic E-state index is 0.0419. The molecule has 2 aliphatic rings. The summed E-state index contributed by atoms with van der Waals surface area (Å²) in [5.41, 5.74) is -7.71. The summed E-state index contributed by atoms with van der Waals surface area (Å²) in [6.07, 6.45) is -12.0. The van der Waals surface area contributed by atoms with Gasteiger partial charge in [-0.25, -0.2) is 12.8 Å². The number of nitrogens with zero attached hydrogens (tertiary/aromatic N) is 1. The molecule has 1 saturated heterocycles. The molecule has 1 saturated carbocycles. The van der Waals surface area contributed by atoms with Crippen LogP contribution in [0.25, 0.3) is 0 Å². The van der Waals surface area contributed by atoms with Crippen molar-refractivity contribution in [1.29, 1.82) is 0 Å². The molecule has 0 aromatic heterocycles. The molecular weight excluding hydrogens is 619 g/mol. The Morgan fingerprint density at radius 2 is 1.43 bits per heavy atom. The maximum absolute atomic E-state index is 14.7. The highest BCUT2D eigenvalue weighted by molar-refractivity contribution is 7.92. The standard InChI is InChI=1S/C27H25ClF7NO5S/c28-20-2-1-3-21(14-20)42(40,41)24(12-13-36(15-24)22(37)16-4-6-17(7-5-16)23(38)39)18-8-10-19(11-9-18)25(29,26(30,31)32)27(33,34)35/h1-3,8-11,14,16-17H,4-7,12-13,15H2,(H,38,39)/t16-,17-,24?. The maximum atomic E-state index is 14.7. The molecule has 1 N–H and O–H groups in total. The lowest BCUT2D eigenvalue weighted by Gasteiger charge is -2.33. The van der Waals surface area contributed by atoms with Crippen molar-refractivity contribution >= 4 is 33.3 Å². The number of hydrogen-bond donors (Lipinski definition) is 1. The number of benzene rings is 2. The van der Waals surface area contributed by atoms with Gasteiger partial charge in [0.15, 0.2) is 9.84 Å². The second-order valence-corrected chi connectivity index (χ2v) is 13.3. The van der Waals surface area contributed by atoms with Crippen LogP contribution in [-0.4, -0.2) is 55.7 Å². The SMILES string of the molecule is O=C(O)[C@H]1CC[C@H](C(=O)N2CCC(c3ccc(C(F)(C(F)(F)F)C(F)(F)F)cc3)(S(=O)(=O)c3cccc(Cl)c3)C2)CC1. The molecule has 2 aromatic rings. The fourth-order valence-corrected chi connectivity index (χ4v) is 8.16. The van der Waals surface area contributed by atoms with Crippen LogP contribution < -0.4 is 0 Å². The first-order valence-corrected chi connectivity index (χ1v) is 14.7. The molecule has 1 amide bonds. The molecule has 2 fully saturated rings. The van der Waals surface area contributed by atoms with Gasteiger partial charge in [-0.2, -0.15) is 26.3 Å². The third-order valence-electron chi connectivity index (χ3n) is 8.18. The number of carboxylic acids is 1. The first kappa shape index (κ1) is 32.1. The van der Waals surface area contributed by atoms with Crippen LogP contribution in [0, 0.1) is 11.8 Å². The summed E-state index contributed by atoms with van der Waals surface area (Å²) in [5, 5.41) is 9.27. The Labute approximate surface area is 241 Å². The minimum Gasteiger partial charge on any atom is -0.481 e. The predicted molar refractivity (Wildman–Crippen MR) is 136 cm³/mol. The Bertz CT molecular complexity index is 1440. The first-order valence-electron chi connectivity index (χ1n) is 12.8. The van der Waals surface area contributed by atoms with E-state index in [2.05, 4.69) is 0 Å². The van der Waals surface area contributed by atoms with E-state index in [-0.39, 0.29) is 66.3 Å². The monoisotopic (exact) mass is 643 g/mol. The summed E-state index contributed by atoms with van der Waals surface area (Å²) in [6.45, 7) is -0.602. The van der Waals surface area contributed by atoms with Crippen LogP contribution in [0.1, 0.15) is 43.2 Å². The number of carbonyl (C=O) groups excluding carboxylic acids is 1. The molecule has 15 heteroatoms. The molecule has 42 heavy (non-hydrogen) atoms. The van der Waals surface area contributed by atoms with Gasteiger partial charge < -0.3 is 10.0 Å². The molecule has 4 rings (SSSR count). The largest absolute Gasteiger partial charge is 0.481 e. The number of halogens is 8. The van der Waals surface area contributed by atoms with Gasteiger partial charge in [0.1, 0.15) is 4.75 Å². The Balaban J connectivity index is 1.75. The van der Waals surface area contributed by atoms with E-state index in [0.717, 1.165) is 6.07 Å². The molecule has 6 nitrogen and oxygen atoms in total. The van der Waals surface area contributed by atoms with Crippen LogP contribution in [0.15, 0.2) is 53.4 Å². The van der Waals surface area contributed by atoms with Crippen LogP contribution in [0.4, 0.5) is 30.7 Å². The molecule has 1 unspecified atom stereocenters. The normalized spacial score (nSPS) is 24.0. The van der Waals surface area contributed by atoms with Crippen LogP contribution in [0.3, 0.4) is 0 Å². The number of sulfone groups is 1. The third kappa shape index (κ3) is 5.36. The second-order valence-electron chi connectivity index (χ2n) is 10.6. The van der Waals surface area contributed by atoms with Gasteiger partial charge in [0.25, 0.3) is 0 Å². The maximum Gasteiger partial charge on any atom is 0.435 e. The van der Waals surface area contributed by atoms with Crippen molar-refractivity contribution in [3.63, 3.8) is 0 Å². The molecular formula is C27H25ClF7NO5S. The van der Waals surface area contributed by atoms with Crippen molar-refractivity contribution in [2.24, 2.45) is 11.8 Å². The zero-order valence-corrected chi connectivity index (χ0v) is 23.3. The smallest absolute Gasteiger partial charge is 0.435 e. The quantitative estimate of drug-likeness (QED) is 0.367. The van der Waals surface area contributed by atoms with E-state index in [1.807, 2.05) is 0 Å². The Hall–Kier alpha value is -2.87. The predicted octanol–water partition coefficient (Wildman–Crippen LogP) is 6.42. The summed E-state index contributed by atoms with van der Waals surface area (Å²) in [6, 6.07) is 7.00. The fourth-order valence-electron chi connectivity index (χ4n) is 5.78. The Kier molecular flexibility index (Phi) is 8.39. The van der Waals surface area contributed by atoms with Crippen molar-refractivity contribution in [1.82, 2.24) is 4.90 Å². The average Bonchev–Trinajstić information content (AvgIpc) is 3.38. The summed E-state index contributed by atoms with van der Waals surface area (Å²) >= 11 is 5.99. The number of aliphatic carboxylic acids is 1. The van der Waals surface area contributed by atoms with Crippen LogP contribution in [0.5, 0.6) is 0 Å². The van der Waals surface area contributed by atoms with E-state index in [1.165, 1.54) is 23.1 Å². The lowest BCUT2D eigenvalue weighted by atomic mass is 9.81. The number of alkyl halides is 7. The third-order valence-corrected chi connectivity index (χ3v) is 10.9. The van der Waals surface area contributed by atoms with Gasteiger partial charge in [0.2, 0.25) is 5.91 Å². The van der Waals surface area contributed by atoms with Crippen molar-refractivity contribution in [3.05, 3.63) is 64.7 Å². The highest BCUT2D eigenvalue weighted by Crippen LogP contribution is 2.54. The zero-order valence-electron chi connectivity index (χ0n) is 21.7. The highest BCUT2D eigenvalue weighted by Gasteiger charge is 2.73. The summed E-state index contributed by atoms with van der Waals surface area (Å²) in [5.74, 6) is -2.61. The first-order chi connectivity index (χ1) is 19.3. The van der Waals surface area contributed by atoms with Gasteiger partial charge in [0, 0.05) is 29.6 Å². The van der Waals surface area contributed by atoms with E-state index in [1.54, 1.807) is 0 Å². The molecule has 1 aliphatic heterocycles. The number of hydrogen-bond acceptors (Lipinski definition) is 4. The average molecular weight is 644 g/mol. The number of rotatable bonds is 6. The van der Waals surface area contributed by atoms with Gasteiger partial charge in [-0.05, 0) is 55.9 Å². The van der Waals surface area contributed by atoms with E-state index in [0.29, 0.717) is 12.1 Å². The van der Waals surface area contributed by atoms with Crippen LogP contribution in [0.2, 0.25) is 5.02 Å². The van der Waals surface area contributed by atoms with Gasteiger partial charge in [0.05, 0.1) is 10.8 Å². The van der Waals surface area contributed by atoms with Gasteiger partial charge in [-0.1, -0.05) is 41.9 Å². The van der Waals surface area contributed by atoms with Gasteiger partial charge >= 0.3 is 24.0 Å². The Morgan fingerprint density at radius 3 is 1.93 bits per heavy atom. The molecule has 1 heterocycles. The summed E-state index contributed by atoms with van der Waals surface area (Å²) in [4.78, 5) is 25.6. The number of carbonyl (C=O) groups is 2. The van der Waals surface area contributed by atoms with Crippen molar-refractivity contribution in [2.45, 2.75) is 59.8 Å². The van der Waals surface area contributed by atoms with E-state index in [4.69, 9.17) is 11.6 Å².